The predicted octanol–water partition coefficient (Wildman–Crippen LogP) is 4.43. The van der Waals surface area contributed by atoms with Gasteiger partial charge in [-0.05, 0) is 50.6 Å². The molecule has 0 spiro atoms. The van der Waals surface area contributed by atoms with Crippen LogP contribution < -0.4 is 0 Å². The molecule has 138 valence electrons. The third-order valence-corrected chi connectivity index (χ3v) is 5.54. The molecule has 1 aliphatic rings. The number of hydrogen-bond acceptors (Lipinski definition) is 3. The SMILES string of the molecule is Cc1ccc(C(c2ccc3ccccc3n2)N2CCC(C(=O)O)CC2)cc1. The number of aryl methyl sites for hydroxylation is 1. The number of aromatic nitrogens is 1. The van der Waals surface area contributed by atoms with Gasteiger partial charge in [0.15, 0.2) is 0 Å². The van der Waals surface area contributed by atoms with E-state index in [0.29, 0.717) is 12.8 Å². The molecule has 1 saturated heterocycles. The van der Waals surface area contributed by atoms with Gasteiger partial charge in [-0.3, -0.25) is 14.7 Å². The Hall–Kier alpha value is -2.72. The highest BCUT2D eigenvalue weighted by molar-refractivity contribution is 5.78. The number of rotatable bonds is 4. The molecular weight excluding hydrogens is 336 g/mol. The number of carboxylic acids is 1. The fourth-order valence-electron chi connectivity index (χ4n) is 3.96. The molecule has 0 bridgehead atoms. The van der Waals surface area contributed by atoms with Crippen LogP contribution in [0.15, 0.2) is 60.7 Å². The summed E-state index contributed by atoms with van der Waals surface area (Å²) in [7, 11) is 0. The van der Waals surface area contributed by atoms with Crippen molar-refractivity contribution in [3.8, 4) is 0 Å². The summed E-state index contributed by atoms with van der Waals surface area (Å²) in [5.74, 6) is -0.908. The van der Waals surface area contributed by atoms with Crippen molar-refractivity contribution in [1.29, 1.82) is 0 Å². The van der Waals surface area contributed by atoms with Crippen molar-refractivity contribution in [3.63, 3.8) is 0 Å². The van der Waals surface area contributed by atoms with Crippen molar-refractivity contribution in [2.75, 3.05) is 13.1 Å². The van der Waals surface area contributed by atoms with Crippen molar-refractivity contribution in [2.45, 2.75) is 25.8 Å². The summed E-state index contributed by atoms with van der Waals surface area (Å²) >= 11 is 0. The lowest BCUT2D eigenvalue weighted by molar-refractivity contribution is -0.143. The number of benzene rings is 2. The number of aliphatic carboxylic acids is 1. The first-order chi connectivity index (χ1) is 13.1. The minimum absolute atomic E-state index is 0.0463. The van der Waals surface area contributed by atoms with Crippen LogP contribution in [0.2, 0.25) is 0 Å². The summed E-state index contributed by atoms with van der Waals surface area (Å²) in [5, 5.41) is 10.4. The van der Waals surface area contributed by atoms with E-state index in [1.807, 2.05) is 18.2 Å². The first-order valence-electron chi connectivity index (χ1n) is 9.51. The van der Waals surface area contributed by atoms with Gasteiger partial charge in [-0.2, -0.15) is 0 Å². The zero-order chi connectivity index (χ0) is 18.8. The molecule has 0 aliphatic carbocycles. The zero-order valence-corrected chi connectivity index (χ0v) is 15.5. The maximum Gasteiger partial charge on any atom is 0.306 e. The lowest BCUT2D eigenvalue weighted by Crippen LogP contribution is -2.39. The number of hydrogen-bond donors (Lipinski definition) is 1. The molecule has 3 aromatic rings. The molecule has 1 N–H and O–H groups in total. The molecule has 4 nitrogen and oxygen atoms in total. The molecule has 2 heterocycles. The van der Waals surface area contributed by atoms with E-state index < -0.39 is 5.97 Å². The third-order valence-electron chi connectivity index (χ3n) is 5.54. The minimum Gasteiger partial charge on any atom is -0.481 e. The van der Waals surface area contributed by atoms with Crippen molar-refractivity contribution in [1.82, 2.24) is 9.88 Å². The lowest BCUT2D eigenvalue weighted by Gasteiger charge is -2.36. The molecule has 4 heteroatoms. The molecule has 2 aromatic carbocycles. The minimum atomic E-state index is -0.676. The zero-order valence-electron chi connectivity index (χ0n) is 15.5. The largest absolute Gasteiger partial charge is 0.481 e. The van der Waals surface area contributed by atoms with Crippen molar-refractivity contribution in [3.05, 3.63) is 77.5 Å². The number of likely N-dealkylation sites (tertiary alicyclic amines) is 1. The molecule has 27 heavy (non-hydrogen) atoms. The van der Waals surface area contributed by atoms with Crippen molar-refractivity contribution < 1.29 is 9.90 Å². The number of pyridine rings is 1. The van der Waals surface area contributed by atoms with Gasteiger partial charge in [0.2, 0.25) is 0 Å². The molecule has 0 saturated carbocycles. The predicted molar refractivity (Wildman–Crippen MR) is 107 cm³/mol. The molecule has 1 unspecified atom stereocenters. The quantitative estimate of drug-likeness (QED) is 0.748. The van der Waals surface area contributed by atoms with Crippen LogP contribution in [0.4, 0.5) is 0 Å². The van der Waals surface area contributed by atoms with E-state index >= 15 is 0 Å². The molecule has 1 fully saturated rings. The fraction of sp³-hybridized carbons (Fsp3) is 0.304. The highest BCUT2D eigenvalue weighted by Crippen LogP contribution is 2.32. The number of carboxylic acid groups (broad SMARTS) is 1. The Morgan fingerprint density at radius 3 is 2.44 bits per heavy atom. The van der Waals surface area contributed by atoms with Crippen molar-refractivity contribution >= 4 is 16.9 Å². The smallest absolute Gasteiger partial charge is 0.306 e. The van der Waals surface area contributed by atoms with E-state index in [4.69, 9.17) is 4.98 Å². The van der Waals surface area contributed by atoms with E-state index in [0.717, 1.165) is 29.7 Å². The molecule has 0 amide bonds. The molecule has 1 aliphatic heterocycles. The summed E-state index contributed by atoms with van der Waals surface area (Å²) in [6.07, 6.45) is 1.37. The van der Waals surface area contributed by atoms with Crippen LogP contribution in [-0.4, -0.2) is 34.0 Å². The fourth-order valence-corrected chi connectivity index (χ4v) is 3.96. The summed E-state index contributed by atoms with van der Waals surface area (Å²) in [4.78, 5) is 18.6. The maximum atomic E-state index is 11.3. The first-order valence-corrected chi connectivity index (χ1v) is 9.51. The van der Waals surface area contributed by atoms with Gasteiger partial charge in [0.25, 0.3) is 0 Å². The molecule has 1 aromatic heterocycles. The Morgan fingerprint density at radius 2 is 1.74 bits per heavy atom. The van der Waals surface area contributed by atoms with Gasteiger partial charge >= 0.3 is 5.97 Å². The highest BCUT2D eigenvalue weighted by Gasteiger charge is 2.30. The van der Waals surface area contributed by atoms with E-state index in [1.165, 1.54) is 11.1 Å². The normalized spacial score (nSPS) is 17.1. The maximum absolute atomic E-state index is 11.3. The van der Waals surface area contributed by atoms with Gasteiger partial charge in [-0.15, -0.1) is 0 Å². The monoisotopic (exact) mass is 360 g/mol. The number of para-hydroxylation sites is 1. The average molecular weight is 360 g/mol. The van der Waals surface area contributed by atoms with E-state index in [9.17, 15) is 9.90 Å². The van der Waals surface area contributed by atoms with Gasteiger partial charge in [0.1, 0.15) is 0 Å². The second-order valence-electron chi connectivity index (χ2n) is 7.39. The van der Waals surface area contributed by atoms with E-state index in [-0.39, 0.29) is 12.0 Å². The number of carbonyl (C=O) groups is 1. The van der Waals surface area contributed by atoms with Crippen LogP contribution in [0.5, 0.6) is 0 Å². The third kappa shape index (κ3) is 3.71. The number of piperidine rings is 1. The summed E-state index contributed by atoms with van der Waals surface area (Å²) in [5.41, 5.74) is 4.45. The molecular formula is C23H24N2O2. The Balaban J connectivity index is 1.71. The van der Waals surface area contributed by atoms with Crippen LogP contribution in [0.1, 0.15) is 35.7 Å². The van der Waals surface area contributed by atoms with E-state index in [1.54, 1.807) is 0 Å². The summed E-state index contributed by atoms with van der Waals surface area (Å²) in [6, 6.07) is 21.0. The van der Waals surface area contributed by atoms with Gasteiger partial charge in [-0.1, -0.05) is 54.1 Å². The second kappa shape index (κ2) is 7.49. The Kier molecular flexibility index (Phi) is 4.90. The summed E-state index contributed by atoms with van der Waals surface area (Å²) in [6.45, 7) is 3.62. The number of fused-ring (bicyclic) bond motifs is 1. The lowest BCUT2D eigenvalue weighted by atomic mass is 9.92. The first kappa shape index (κ1) is 17.7. The topological polar surface area (TPSA) is 53.4 Å². The Bertz CT molecular complexity index is 944. The van der Waals surface area contributed by atoms with E-state index in [2.05, 4.69) is 54.3 Å². The van der Waals surface area contributed by atoms with Crippen LogP contribution in [0.25, 0.3) is 10.9 Å². The van der Waals surface area contributed by atoms with Crippen molar-refractivity contribution in [2.24, 2.45) is 5.92 Å². The Morgan fingerprint density at radius 1 is 1.04 bits per heavy atom. The van der Waals surface area contributed by atoms with Crippen LogP contribution >= 0.6 is 0 Å². The summed E-state index contributed by atoms with van der Waals surface area (Å²) < 4.78 is 0. The number of nitrogens with zero attached hydrogens (tertiary/aromatic N) is 2. The second-order valence-corrected chi connectivity index (χ2v) is 7.39. The average Bonchev–Trinajstić information content (AvgIpc) is 2.70. The standard InChI is InChI=1S/C23H24N2O2/c1-16-6-8-18(9-7-16)22(25-14-12-19(13-15-25)23(26)27)21-11-10-17-4-2-3-5-20(17)24-21/h2-11,19,22H,12-15H2,1H3,(H,26,27). The van der Waals surface area contributed by atoms with Gasteiger partial charge in [0, 0.05) is 5.39 Å². The van der Waals surface area contributed by atoms with Gasteiger partial charge < -0.3 is 5.11 Å². The highest BCUT2D eigenvalue weighted by atomic mass is 16.4. The molecule has 4 rings (SSSR count). The van der Waals surface area contributed by atoms with Crippen LogP contribution in [0, 0.1) is 12.8 Å². The van der Waals surface area contributed by atoms with Gasteiger partial charge in [0.05, 0.1) is 23.2 Å². The van der Waals surface area contributed by atoms with Gasteiger partial charge in [-0.25, -0.2) is 0 Å². The Labute approximate surface area is 159 Å². The molecule has 1 atom stereocenters. The molecule has 0 radical (unpaired) electrons. The van der Waals surface area contributed by atoms with Crippen LogP contribution in [0.3, 0.4) is 0 Å². The van der Waals surface area contributed by atoms with Crippen LogP contribution in [-0.2, 0) is 4.79 Å².